The van der Waals surface area contributed by atoms with E-state index >= 15 is 0 Å². The summed E-state index contributed by atoms with van der Waals surface area (Å²) in [7, 11) is 0. The first kappa shape index (κ1) is 22.1. The van der Waals surface area contributed by atoms with Crippen LogP contribution in [0.4, 0.5) is 15.0 Å². The number of rotatable bonds is 5. The number of anilines is 1. The predicted octanol–water partition coefficient (Wildman–Crippen LogP) is 5.29. The zero-order valence-corrected chi connectivity index (χ0v) is 17.9. The molecule has 2 aromatic rings. The first-order valence-electron chi connectivity index (χ1n) is 9.95. The van der Waals surface area contributed by atoms with E-state index in [2.05, 4.69) is 12.0 Å². The summed E-state index contributed by atoms with van der Waals surface area (Å²) in [5, 5.41) is 13.7. The molecule has 1 fully saturated rings. The third-order valence-electron chi connectivity index (χ3n) is 5.32. The van der Waals surface area contributed by atoms with Gasteiger partial charge in [0.1, 0.15) is 5.82 Å². The molecule has 1 amide bonds. The number of nitrogens with zero attached hydrogens (tertiary/aromatic N) is 3. The highest BCUT2D eigenvalue weighted by Crippen LogP contribution is 2.35. The Labute approximate surface area is 179 Å². The zero-order chi connectivity index (χ0) is 22.0. The van der Waals surface area contributed by atoms with Crippen LogP contribution in [0.25, 0.3) is 5.69 Å². The van der Waals surface area contributed by atoms with E-state index in [1.54, 1.807) is 0 Å². The highest BCUT2D eigenvalue weighted by molar-refractivity contribution is 6.30. The van der Waals surface area contributed by atoms with Gasteiger partial charge < -0.3 is 9.84 Å². The minimum atomic E-state index is -1.53. The fraction of sp³-hybridized carbons (Fsp3) is 0.476. The van der Waals surface area contributed by atoms with Gasteiger partial charge in [0.25, 0.3) is 0 Å². The Kier molecular flexibility index (Phi) is 6.65. The van der Waals surface area contributed by atoms with Gasteiger partial charge in [-0.3, -0.25) is 9.69 Å². The normalized spacial score (nSPS) is 19.0. The van der Waals surface area contributed by atoms with Crippen molar-refractivity contribution in [3.8, 4) is 11.4 Å². The first-order chi connectivity index (χ1) is 14.2. The number of benzene rings is 1. The van der Waals surface area contributed by atoms with Crippen LogP contribution in [0.1, 0.15) is 46.5 Å². The molecule has 9 heteroatoms. The van der Waals surface area contributed by atoms with Crippen LogP contribution in [0.15, 0.2) is 24.4 Å². The molecular weight excluding hydrogens is 413 g/mol. The second-order valence-corrected chi connectivity index (χ2v) is 8.45. The van der Waals surface area contributed by atoms with Crippen molar-refractivity contribution in [3.05, 3.63) is 35.2 Å². The summed E-state index contributed by atoms with van der Waals surface area (Å²) in [6.45, 7) is 5.82. The van der Waals surface area contributed by atoms with Gasteiger partial charge in [-0.1, -0.05) is 18.5 Å². The molecule has 1 heterocycles. The van der Waals surface area contributed by atoms with Gasteiger partial charge in [0, 0.05) is 17.0 Å². The summed E-state index contributed by atoms with van der Waals surface area (Å²) in [5.41, 5.74) is 0.282. The number of ether oxygens (including phenoxy) is 1. The fourth-order valence-corrected chi connectivity index (χ4v) is 4.01. The van der Waals surface area contributed by atoms with Crippen LogP contribution < -0.4 is 9.64 Å². The number of hydrogen-bond acceptors (Lipinski definition) is 4. The number of carbonyl (C=O) groups is 2. The summed E-state index contributed by atoms with van der Waals surface area (Å²) in [5.74, 6) is -0.275. The molecule has 3 rings (SSSR count). The fourth-order valence-electron chi connectivity index (χ4n) is 3.79. The standard InChI is InChI=1S/C21H25ClFN3O4/c1-12(2)26(20(27)14-6-4-13(3)5-7-14)19-18(30-21(28)29)11-25(24-19)17-9-15(22)8-16(23)10-17/h8-14H,4-7H2,1-3H3,(H,28,29)/t13-,14-. The van der Waals surface area contributed by atoms with Crippen molar-refractivity contribution in [1.29, 1.82) is 0 Å². The van der Waals surface area contributed by atoms with Crippen LogP contribution in [0.5, 0.6) is 5.75 Å². The number of carbonyl (C=O) groups excluding carboxylic acids is 1. The van der Waals surface area contributed by atoms with Crippen molar-refractivity contribution in [1.82, 2.24) is 9.78 Å². The molecule has 1 aliphatic rings. The summed E-state index contributed by atoms with van der Waals surface area (Å²) in [4.78, 5) is 26.0. The molecule has 30 heavy (non-hydrogen) atoms. The van der Waals surface area contributed by atoms with E-state index in [4.69, 9.17) is 21.4 Å². The van der Waals surface area contributed by atoms with Crippen LogP contribution in [0.2, 0.25) is 5.02 Å². The third-order valence-corrected chi connectivity index (χ3v) is 5.54. The lowest BCUT2D eigenvalue weighted by atomic mass is 9.82. The second-order valence-electron chi connectivity index (χ2n) is 8.02. The number of amides is 1. The Hall–Kier alpha value is -2.61. The maximum atomic E-state index is 13.8. The Morgan fingerprint density at radius 1 is 1.27 bits per heavy atom. The molecule has 7 nitrogen and oxygen atoms in total. The number of aromatic nitrogens is 2. The molecule has 1 saturated carbocycles. The van der Waals surface area contributed by atoms with Crippen molar-refractivity contribution >= 4 is 29.5 Å². The molecule has 0 aliphatic heterocycles. The highest BCUT2D eigenvalue weighted by Gasteiger charge is 2.34. The van der Waals surface area contributed by atoms with E-state index in [9.17, 15) is 14.0 Å². The summed E-state index contributed by atoms with van der Waals surface area (Å²) < 4.78 is 20.0. The summed E-state index contributed by atoms with van der Waals surface area (Å²) >= 11 is 5.94. The molecule has 0 saturated heterocycles. The van der Waals surface area contributed by atoms with Crippen molar-refractivity contribution in [3.63, 3.8) is 0 Å². The molecule has 1 N–H and O–H groups in total. The van der Waals surface area contributed by atoms with Gasteiger partial charge in [0.05, 0.1) is 11.9 Å². The topological polar surface area (TPSA) is 84.7 Å². The second kappa shape index (κ2) is 9.04. The lowest BCUT2D eigenvalue weighted by molar-refractivity contribution is -0.124. The van der Waals surface area contributed by atoms with Gasteiger partial charge >= 0.3 is 6.16 Å². The van der Waals surface area contributed by atoms with Crippen LogP contribution >= 0.6 is 11.6 Å². The Morgan fingerprint density at radius 2 is 1.93 bits per heavy atom. The molecule has 0 radical (unpaired) electrons. The Morgan fingerprint density at radius 3 is 2.50 bits per heavy atom. The average molecular weight is 438 g/mol. The Bertz CT molecular complexity index is 918. The van der Waals surface area contributed by atoms with Crippen LogP contribution in [-0.4, -0.2) is 33.0 Å². The minimum Gasteiger partial charge on any atom is -0.449 e. The van der Waals surface area contributed by atoms with Gasteiger partial charge in [0.2, 0.25) is 11.7 Å². The SMILES string of the molecule is CC(C)N(c1nn(-c2cc(F)cc(Cl)c2)cc1OC(=O)O)C(=O)[C@H]1CC[C@H](C)CC1. The molecule has 1 aromatic heterocycles. The van der Waals surface area contributed by atoms with E-state index in [1.807, 2.05) is 13.8 Å². The summed E-state index contributed by atoms with van der Waals surface area (Å²) in [6, 6.07) is 3.55. The van der Waals surface area contributed by atoms with Crippen LogP contribution in [-0.2, 0) is 4.79 Å². The Balaban J connectivity index is 2.02. The maximum absolute atomic E-state index is 13.8. The van der Waals surface area contributed by atoms with Crippen molar-refractivity contribution in [2.75, 3.05) is 4.90 Å². The lowest BCUT2D eigenvalue weighted by Gasteiger charge is -2.32. The average Bonchev–Trinajstić information content (AvgIpc) is 3.04. The molecule has 1 aliphatic carbocycles. The smallest absolute Gasteiger partial charge is 0.449 e. The van der Waals surface area contributed by atoms with Crippen LogP contribution in [0.3, 0.4) is 0 Å². The quantitative estimate of drug-likeness (QED) is 0.642. The molecule has 0 bridgehead atoms. The van der Waals surface area contributed by atoms with Crippen molar-refractivity contribution in [2.45, 2.75) is 52.5 Å². The predicted molar refractivity (Wildman–Crippen MR) is 111 cm³/mol. The largest absolute Gasteiger partial charge is 0.511 e. The van der Waals surface area contributed by atoms with E-state index < -0.39 is 12.0 Å². The minimum absolute atomic E-state index is 0.0800. The highest BCUT2D eigenvalue weighted by atomic mass is 35.5. The zero-order valence-electron chi connectivity index (χ0n) is 17.1. The molecule has 0 unspecified atom stereocenters. The van der Waals surface area contributed by atoms with E-state index in [0.29, 0.717) is 5.92 Å². The van der Waals surface area contributed by atoms with Crippen molar-refractivity contribution in [2.24, 2.45) is 11.8 Å². The number of halogens is 2. The molecule has 1 aromatic carbocycles. The van der Waals surface area contributed by atoms with Gasteiger partial charge in [-0.15, -0.1) is 5.10 Å². The van der Waals surface area contributed by atoms with Gasteiger partial charge in [-0.2, -0.15) is 0 Å². The van der Waals surface area contributed by atoms with Gasteiger partial charge in [-0.25, -0.2) is 13.9 Å². The first-order valence-corrected chi connectivity index (χ1v) is 10.3. The molecular formula is C21H25ClFN3O4. The maximum Gasteiger partial charge on any atom is 0.511 e. The van der Waals surface area contributed by atoms with E-state index in [1.165, 1.54) is 27.9 Å². The van der Waals surface area contributed by atoms with Crippen LogP contribution in [0, 0.1) is 17.7 Å². The number of carboxylic acid groups (broad SMARTS) is 1. The molecule has 0 spiro atoms. The lowest BCUT2D eigenvalue weighted by Crippen LogP contribution is -2.42. The van der Waals surface area contributed by atoms with E-state index in [-0.39, 0.29) is 40.1 Å². The number of hydrogen-bond donors (Lipinski definition) is 1. The third kappa shape index (κ3) is 4.92. The van der Waals surface area contributed by atoms with Gasteiger partial charge in [0.15, 0.2) is 5.75 Å². The summed E-state index contributed by atoms with van der Waals surface area (Å²) in [6.07, 6.45) is 3.27. The molecule has 0 atom stereocenters. The van der Waals surface area contributed by atoms with Crippen molar-refractivity contribution < 1.29 is 23.8 Å². The monoisotopic (exact) mass is 437 g/mol. The van der Waals surface area contributed by atoms with E-state index in [0.717, 1.165) is 31.7 Å². The molecule has 162 valence electrons. The van der Waals surface area contributed by atoms with Gasteiger partial charge in [-0.05, 0) is 63.6 Å².